The van der Waals surface area contributed by atoms with Gasteiger partial charge >= 0.3 is 6.18 Å². The number of nitrogens with zero attached hydrogens (tertiary/aromatic N) is 3. The maximum atomic E-state index is 13.5. The second-order valence-corrected chi connectivity index (χ2v) is 9.63. The number of benzene rings is 4. The van der Waals surface area contributed by atoms with Crippen LogP contribution in [0.15, 0.2) is 94.8 Å². The fraction of sp³-hybridized carbons (Fsp3) is 0.129. The molecule has 0 aliphatic heterocycles. The molecule has 0 amide bonds. The molecular weight excluding hydrogens is 555 g/mol. The van der Waals surface area contributed by atoms with E-state index >= 15 is 0 Å². The van der Waals surface area contributed by atoms with Gasteiger partial charge in [0.1, 0.15) is 6.61 Å². The minimum absolute atomic E-state index is 0.0628. The van der Waals surface area contributed by atoms with Gasteiger partial charge in [0.25, 0.3) is 5.56 Å². The summed E-state index contributed by atoms with van der Waals surface area (Å²) in [6, 6.07) is 22.1. The van der Waals surface area contributed by atoms with Gasteiger partial charge < -0.3 is 9.47 Å². The number of rotatable bonds is 7. The third-order valence-corrected chi connectivity index (χ3v) is 6.50. The van der Waals surface area contributed by atoms with Gasteiger partial charge in [-0.15, -0.1) is 0 Å². The summed E-state index contributed by atoms with van der Waals surface area (Å²) in [6.45, 7) is 2.20. The van der Waals surface area contributed by atoms with Gasteiger partial charge in [-0.1, -0.05) is 65.7 Å². The molecule has 0 bridgehead atoms. The zero-order chi connectivity index (χ0) is 29.1. The highest BCUT2D eigenvalue weighted by atomic mass is 35.5. The molecule has 5 aromatic rings. The van der Waals surface area contributed by atoms with Crippen molar-refractivity contribution in [3.05, 3.63) is 123 Å². The summed E-state index contributed by atoms with van der Waals surface area (Å²) in [4.78, 5) is 18.0. The van der Waals surface area contributed by atoms with Crippen molar-refractivity contribution in [2.24, 2.45) is 5.10 Å². The van der Waals surface area contributed by atoms with Crippen LogP contribution in [0.25, 0.3) is 22.3 Å². The molecule has 1 heterocycles. The van der Waals surface area contributed by atoms with E-state index in [1.807, 2.05) is 31.2 Å². The molecule has 0 aliphatic rings. The Morgan fingerprint density at radius 1 is 1.00 bits per heavy atom. The van der Waals surface area contributed by atoms with Crippen LogP contribution in [0.3, 0.4) is 0 Å². The van der Waals surface area contributed by atoms with Gasteiger partial charge in [0.2, 0.25) is 0 Å². The molecule has 0 fully saturated rings. The van der Waals surface area contributed by atoms with Crippen LogP contribution < -0.4 is 15.0 Å². The van der Waals surface area contributed by atoms with Gasteiger partial charge in [-0.25, -0.2) is 4.98 Å². The average molecular weight is 578 g/mol. The Kier molecular flexibility index (Phi) is 7.81. The van der Waals surface area contributed by atoms with Gasteiger partial charge in [-0.3, -0.25) is 4.79 Å². The number of hydrogen-bond donors (Lipinski definition) is 0. The van der Waals surface area contributed by atoms with Crippen LogP contribution in [0.1, 0.15) is 22.3 Å². The standard InChI is InChI=1S/C31H23ClF3N3O3/c1-19-10-12-20(13-11-19)18-41-28-22(15-24(32)16-27(28)40-2)17-36-38-29(21-6-5-7-23(14-21)31(33,34)35)37-26-9-4-3-8-25(26)30(38)39/h3-17H,18H2,1-2H3. The predicted octanol–water partition coefficient (Wildman–Crippen LogP) is 7.51. The number of aryl methyl sites for hydroxylation is 1. The molecule has 0 radical (unpaired) electrons. The first-order chi connectivity index (χ1) is 19.6. The lowest BCUT2D eigenvalue weighted by Gasteiger charge is -2.15. The number of methoxy groups -OCH3 is 1. The lowest BCUT2D eigenvalue weighted by atomic mass is 10.1. The summed E-state index contributed by atoms with van der Waals surface area (Å²) in [7, 11) is 1.47. The summed E-state index contributed by atoms with van der Waals surface area (Å²) in [5, 5.41) is 4.96. The number of fused-ring (bicyclic) bond motifs is 1. The molecule has 0 N–H and O–H groups in total. The minimum atomic E-state index is -4.58. The Balaban J connectivity index is 1.63. The van der Waals surface area contributed by atoms with Gasteiger partial charge in [0.15, 0.2) is 17.3 Å². The number of aromatic nitrogens is 2. The number of hydrogen-bond acceptors (Lipinski definition) is 5. The minimum Gasteiger partial charge on any atom is -0.493 e. The van der Waals surface area contributed by atoms with Crippen molar-refractivity contribution >= 4 is 28.7 Å². The molecule has 0 spiro atoms. The van der Waals surface area contributed by atoms with Crippen molar-refractivity contribution in [1.29, 1.82) is 0 Å². The Morgan fingerprint density at radius 3 is 2.49 bits per heavy atom. The van der Waals surface area contributed by atoms with E-state index in [0.717, 1.165) is 27.9 Å². The van der Waals surface area contributed by atoms with Crippen LogP contribution >= 0.6 is 11.6 Å². The molecule has 6 nitrogen and oxygen atoms in total. The van der Waals surface area contributed by atoms with Crippen LogP contribution in [0, 0.1) is 6.92 Å². The zero-order valence-corrected chi connectivity index (χ0v) is 22.7. The van der Waals surface area contributed by atoms with E-state index in [2.05, 4.69) is 10.1 Å². The highest BCUT2D eigenvalue weighted by molar-refractivity contribution is 6.31. The smallest absolute Gasteiger partial charge is 0.416 e. The molecule has 208 valence electrons. The third-order valence-electron chi connectivity index (χ3n) is 6.29. The van der Waals surface area contributed by atoms with Crippen molar-refractivity contribution in [2.75, 3.05) is 7.11 Å². The van der Waals surface area contributed by atoms with E-state index in [-0.39, 0.29) is 23.4 Å². The molecule has 10 heteroatoms. The summed E-state index contributed by atoms with van der Waals surface area (Å²) < 4.78 is 53.0. The van der Waals surface area contributed by atoms with Crippen LogP contribution in [-0.4, -0.2) is 23.0 Å². The largest absolute Gasteiger partial charge is 0.493 e. The van der Waals surface area contributed by atoms with Crippen molar-refractivity contribution in [3.8, 4) is 22.9 Å². The number of halogens is 4. The molecule has 0 saturated heterocycles. The fourth-order valence-electron chi connectivity index (χ4n) is 4.20. The monoisotopic (exact) mass is 577 g/mol. The predicted molar refractivity (Wildman–Crippen MR) is 153 cm³/mol. The quantitative estimate of drug-likeness (QED) is 0.188. The first-order valence-electron chi connectivity index (χ1n) is 12.4. The van der Waals surface area contributed by atoms with E-state index in [9.17, 15) is 18.0 Å². The first-order valence-corrected chi connectivity index (χ1v) is 12.8. The fourth-order valence-corrected chi connectivity index (χ4v) is 4.42. The molecule has 41 heavy (non-hydrogen) atoms. The van der Waals surface area contributed by atoms with Crippen LogP contribution in [0.4, 0.5) is 13.2 Å². The number of alkyl halides is 3. The molecule has 1 aromatic heterocycles. The van der Waals surface area contributed by atoms with Crippen LogP contribution in [0.5, 0.6) is 11.5 Å². The van der Waals surface area contributed by atoms with E-state index in [0.29, 0.717) is 27.6 Å². The molecule has 5 rings (SSSR count). The SMILES string of the molecule is COc1cc(Cl)cc(C=Nn2c(-c3cccc(C(F)(F)F)c3)nc3ccccc3c2=O)c1OCc1ccc(C)cc1. The van der Waals surface area contributed by atoms with Crippen molar-refractivity contribution in [3.63, 3.8) is 0 Å². The molecule has 0 atom stereocenters. The van der Waals surface area contributed by atoms with Crippen LogP contribution in [0.2, 0.25) is 5.02 Å². The second kappa shape index (κ2) is 11.5. The number of ether oxygens (including phenoxy) is 2. The molecule has 0 aliphatic carbocycles. The Labute approximate surface area is 238 Å². The van der Waals surface area contributed by atoms with Crippen molar-refractivity contribution in [1.82, 2.24) is 9.66 Å². The third kappa shape index (κ3) is 6.10. The maximum Gasteiger partial charge on any atom is 0.416 e. The maximum absolute atomic E-state index is 13.5. The molecule has 0 saturated carbocycles. The first kappa shape index (κ1) is 27.9. The highest BCUT2D eigenvalue weighted by Gasteiger charge is 2.31. The van der Waals surface area contributed by atoms with E-state index in [1.165, 1.54) is 25.5 Å². The molecule has 0 unspecified atom stereocenters. The van der Waals surface area contributed by atoms with E-state index in [1.54, 1.807) is 36.4 Å². The highest BCUT2D eigenvalue weighted by Crippen LogP contribution is 2.35. The summed E-state index contributed by atoms with van der Waals surface area (Å²) in [5.41, 5.74) is 1.36. The van der Waals surface area contributed by atoms with Gasteiger partial charge in [0.05, 0.1) is 29.8 Å². The second-order valence-electron chi connectivity index (χ2n) is 9.19. The summed E-state index contributed by atoms with van der Waals surface area (Å²) in [6.07, 6.45) is -3.24. The van der Waals surface area contributed by atoms with Gasteiger partial charge in [-0.2, -0.15) is 22.9 Å². The molecular formula is C31H23ClF3N3O3. The van der Waals surface area contributed by atoms with Gasteiger partial charge in [-0.05, 0) is 42.8 Å². The zero-order valence-electron chi connectivity index (χ0n) is 21.9. The Hall–Kier alpha value is -4.63. The Bertz CT molecular complexity index is 1820. The lowest BCUT2D eigenvalue weighted by Crippen LogP contribution is -2.20. The van der Waals surface area contributed by atoms with Crippen molar-refractivity contribution in [2.45, 2.75) is 19.7 Å². The van der Waals surface area contributed by atoms with Crippen LogP contribution in [-0.2, 0) is 12.8 Å². The Morgan fingerprint density at radius 2 is 1.76 bits per heavy atom. The summed E-state index contributed by atoms with van der Waals surface area (Å²) >= 11 is 6.33. The topological polar surface area (TPSA) is 65.7 Å². The number of para-hydroxylation sites is 1. The van der Waals surface area contributed by atoms with Gasteiger partial charge in [0, 0.05) is 22.2 Å². The van der Waals surface area contributed by atoms with Crippen molar-refractivity contribution < 1.29 is 22.6 Å². The van der Waals surface area contributed by atoms with E-state index < -0.39 is 17.3 Å². The van der Waals surface area contributed by atoms with E-state index in [4.69, 9.17) is 21.1 Å². The summed E-state index contributed by atoms with van der Waals surface area (Å²) in [5.74, 6) is 0.601. The normalized spacial score (nSPS) is 11.8. The molecule has 4 aromatic carbocycles. The lowest BCUT2D eigenvalue weighted by molar-refractivity contribution is -0.137. The average Bonchev–Trinajstić information content (AvgIpc) is 2.96.